The van der Waals surface area contributed by atoms with Crippen LogP contribution in [0.2, 0.25) is 0 Å². The van der Waals surface area contributed by atoms with Crippen LogP contribution in [-0.2, 0) is 18.9 Å². The van der Waals surface area contributed by atoms with E-state index in [1.165, 1.54) is 0 Å². The second-order valence-electron chi connectivity index (χ2n) is 2.49. The van der Waals surface area contributed by atoms with Gasteiger partial charge in [0.1, 0.15) is 12.0 Å². The molecule has 0 aliphatic carbocycles. The summed E-state index contributed by atoms with van der Waals surface area (Å²) in [7, 11) is 0. The van der Waals surface area contributed by atoms with Gasteiger partial charge in [-0.05, 0) is 12.8 Å². The molecule has 9 heteroatoms. The van der Waals surface area contributed by atoms with Gasteiger partial charge in [-0.1, -0.05) is 5.04 Å². The molecule has 0 radical (unpaired) electrons. The van der Waals surface area contributed by atoms with E-state index in [1.54, 1.807) is 0 Å². The van der Waals surface area contributed by atoms with E-state index in [4.69, 9.17) is 10.5 Å². The number of hydrogen-bond donors (Lipinski definition) is 1. The minimum Gasteiger partial charge on any atom is -0.460 e. The number of hydrogen-bond acceptors (Lipinski definition) is 7. The van der Waals surface area contributed by atoms with E-state index in [0.717, 1.165) is 0 Å². The van der Waals surface area contributed by atoms with Crippen LogP contribution in [0, 0.1) is 11.3 Å². The minimum atomic E-state index is -3.96. The fourth-order valence-electron chi connectivity index (χ4n) is 0.647. The molecule has 1 N–H and O–H groups in total. The number of halogens is 2. The lowest BCUT2D eigenvalue weighted by molar-refractivity contribution is -0.433. The van der Waals surface area contributed by atoms with Gasteiger partial charge in [-0.2, -0.15) is 14.0 Å². The van der Waals surface area contributed by atoms with Crippen molar-refractivity contribution in [1.29, 1.82) is 5.26 Å². The van der Waals surface area contributed by atoms with Gasteiger partial charge >= 0.3 is 11.2 Å². The monoisotopic (exact) mass is 257 g/mol. The van der Waals surface area contributed by atoms with Crippen molar-refractivity contribution in [2.24, 2.45) is 0 Å². The van der Waals surface area contributed by atoms with Crippen LogP contribution in [0.3, 0.4) is 0 Å². The number of rotatable bonds is 8. The summed E-state index contributed by atoms with van der Waals surface area (Å²) >= 11 is -0.677. The number of unbranched alkanes of at least 4 members (excludes halogenated alkanes) is 2. The van der Waals surface area contributed by atoms with Crippen molar-refractivity contribution >= 4 is 18.0 Å². The first-order chi connectivity index (χ1) is 7.54. The number of alkyl halides is 2. The van der Waals surface area contributed by atoms with Crippen LogP contribution in [0.4, 0.5) is 8.78 Å². The molecule has 0 aliphatic heterocycles. The van der Waals surface area contributed by atoms with Gasteiger partial charge in [-0.3, -0.25) is 0 Å². The minimum absolute atomic E-state index is 0.212. The highest BCUT2D eigenvalue weighted by Crippen LogP contribution is 2.31. The van der Waals surface area contributed by atoms with Gasteiger partial charge in [0.05, 0.1) is 12.7 Å². The summed E-state index contributed by atoms with van der Waals surface area (Å²) in [5.74, 6) is -1.80. The number of nitrogens with zero attached hydrogens (tertiary/aromatic N) is 1. The summed E-state index contributed by atoms with van der Waals surface area (Å²) in [4.78, 5) is 10.7. The maximum absolute atomic E-state index is 12.7. The highest BCUT2D eigenvalue weighted by atomic mass is 32.2. The Morgan fingerprint density at radius 2 is 2.19 bits per heavy atom. The van der Waals surface area contributed by atoms with Gasteiger partial charge in [-0.25, -0.2) is 10.1 Å². The molecule has 0 fully saturated rings. The highest BCUT2D eigenvalue weighted by Gasteiger charge is 2.43. The zero-order valence-corrected chi connectivity index (χ0v) is 8.84. The topological polar surface area (TPSA) is 88.8 Å². The van der Waals surface area contributed by atoms with Crippen LogP contribution in [0.1, 0.15) is 19.3 Å². The number of ether oxygens (including phenoxy) is 1. The van der Waals surface area contributed by atoms with Crippen LogP contribution in [0.25, 0.3) is 0 Å². The van der Waals surface area contributed by atoms with Crippen LogP contribution in [0.5, 0.6) is 0 Å². The van der Waals surface area contributed by atoms with Crippen LogP contribution < -0.4 is 0 Å². The molecule has 0 atom stereocenters. The molecule has 0 aliphatic rings. The van der Waals surface area contributed by atoms with Gasteiger partial charge in [0.25, 0.3) is 0 Å². The molecular weight excluding hydrogens is 248 g/mol. The van der Waals surface area contributed by atoms with Gasteiger partial charge < -0.3 is 4.74 Å². The first kappa shape index (κ1) is 15.0. The normalized spacial score (nSPS) is 10.9. The summed E-state index contributed by atoms with van der Waals surface area (Å²) in [5, 5.41) is 14.8. The Hall–Kier alpha value is -0.950. The smallest absolute Gasteiger partial charge is 0.415 e. The van der Waals surface area contributed by atoms with Crippen LogP contribution in [-0.4, -0.2) is 23.1 Å². The zero-order valence-electron chi connectivity index (χ0n) is 8.02. The molecule has 0 aromatic carbocycles. The largest absolute Gasteiger partial charge is 0.460 e. The van der Waals surface area contributed by atoms with E-state index >= 15 is 0 Å². The van der Waals surface area contributed by atoms with Gasteiger partial charge in [-0.15, -0.1) is 4.33 Å². The quantitative estimate of drug-likeness (QED) is 0.233. The number of esters is 1. The Kier molecular flexibility index (Phi) is 7.74. The van der Waals surface area contributed by atoms with Gasteiger partial charge in [0.15, 0.2) is 0 Å². The first-order valence-electron chi connectivity index (χ1n) is 4.12. The molecule has 0 amide bonds. The van der Waals surface area contributed by atoms with E-state index in [-0.39, 0.29) is 13.0 Å². The molecule has 0 aromatic rings. The zero-order chi connectivity index (χ0) is 12.4. The average molecular weight is 257 g/mol. The summed E-state index contributed by atoms with van der Waals surface area (Å²) in [6, 6.07) is 1.86. The number of nitriles is 1. The molecule has 0 saturated carbocycles. The van der Waals surface area contributed by atoms with Crippen molar-refractivity contribution in [3.63, 3.8) is 0 Å². The fourth-order valence-corrected chi connectivity index (χ4v) is 0.890. The number of carbonyl (C=O) groups is 1. The molecular formula is C7H9F2NO5S. The van der Waals surface area contributed by atoms with E-state index in [1.807, 2.05) is 6.07 Å². The molecule has 16 heavy (non-hydrogen) atoms. The average Bonchev–Trinajstić information content (AvgIpc) is 2.26. The lowest BCUT2D eigenvalue weighted by atomic mass is 10.3. The molecule has 0 aromatic heterocycles. The Bertz CT molecular complexity index is 258. The Balaban J connectivity index is 3.74. The van der Waals surface area contributed by atoms with Crippen molar-refractivity contribution in [1.82, 2.24) is 0 Å². The maximum Gasteiger partial charge on any atom is 0.415 e. The van der Waals surface area contributed by atoms with Gasteiger partial charge in [0, 0.05) is 6.42 Å². The molecule has 6 nitrogen and oxygen atoms in total. The van der Waals surface area contributed by atoms with Crippen LogP contribution >= 0.6 is 12.0 Å². The van der Waals surface area contributed by atoms with Crippen LogP contribution in [0.15, 0.2) is 0 Å². The van der Waals surface area contributed by atoms with E-state index in [9.17, 15) is 13.6 Å². The van der Waals surface area contributed by atoms with E-state index in [2.05, 4.69) is 14.1 Å². The predicted octanol–water partition coefficient (Wildman–Crippen LogP) is 1.89. The summed E-state index contributed by atoms with van der Waals surface area (Å²) < 4.78 is 33.1. The predicted molar refractivity (Wildman–Crippen MR) is 47.8 cm³/mol. The lowest BCUT2D eigenvalue weighted by Crippen LogP contribution is -2.27. The third-order valence-corrected chi connectivity index (χ3v) is 1.83. The molecule has 0 heterocycles. The Labute approximate surface area is 94.1 Å². The molecule has 92 valence electrons. The number of carbonyl (C=O) groups excluding carboxylic acids is 1. The van der Waals surface area contributed by atoms with E-state index < -0.39 is 23.3 Å². The second kappa shape index (κ2) is 8.23. The highest BCUT2D eigenvalue weighted by molar-refractivity contribution is 7.96. The van der Waals surface area contributed by atoms with E-state index in [0.29, 0.717) is 12.8 Å². The molecule has 0 rings (SSSR count). The molecule has 0 unspecified atom stereocenters. The lowest BCUT2D eigenvalue weighted by Gasteiger charge is -2.11. The first-order valence-corrected chi connectivity index (χ1v) is 4.86. The maximum atomic E-state index is 12.7. The summed E-state index contributed by atoms with van der Waals surface area (Å²) in [5.41, 5.74) is 0. The molecule has 0 spiro atoms. The van der Waals surface area contributed by atoms with Crippen molar-refractivity contribution < 1.29 is 32.9 Å². The SMILES string of the molecule is N#CCCCCOC(=O)C(F)(F)SOOO. The third kappa shape index (κ3) is 6.52. The van der Waals surface area contributed by atoms with Crippen molar-refractivity contribution in [3.8, 4) is 6.07 Å². The summed E-state index contributed by atoms with van der Waals surface area (Å²) in [6.45, 7) is -0.212. The summed E-state index contributed by atoms with van der Waals surface area (Å²) in [6.07, 6.45) is 1.04. The molecule has 0 bridgehead atoms. The standard InChI is InChI=1S/C7H9F2NO5S/c8-7(9,16-15-14-12)6(11)13-5-3-1-2-4-10/h12H,1-3,5H2. The van der Waals surface area contributed by atoms with Crippen molar-refractivity contribution in [2.75, 3.05) is 6.61 Å². The fraction of sp³-hybridized carbons (Fsp3) is 0.714. The third-order valence-electron chi connectivity index (χ3n) is 1.32. The molecule has 0 saturated heterocycles. The second-order valence-corrected chi connectivity index (χ2v) is 3.31. The van der Waals surface area contributed by atoms with Crippen molar-refractivity contribution in [3.05, 3.63) is 0 Å². The Morgan fingerprint density at radius 1 is 1.50 bits per heavy atom. The van der Waals surface area contributed by atoms with Crippen molar-refractivity contribution in [2.45, 2.75) is 24.5 Å². The van der Waals surface area contributed by atoms with Gasteiger partial charge in [0.2, 0.25) is 0 Å². The Morgan fingerprint density at radius 3 is 2.75 bits per heavy atom.